The second kappa shape index (κ2) is 5.43. The van der Waals surface area contributed by atoms with Crippen LogP contribution in [0.5, 0.6) is 11.6 Å². The van der Waals surface area contributed by atoms with Crippen molar-refractivity contribution in [2.24, 2.45) is 5.73 Å². The number of nitrogens with two attached hydrogens (primary N) is 1. The Morgan fingerprint density at radius 1 is 1.32 bits per heavy atom. The van der Waals surface area contributed by atoms with Gasteiger partial charge in [0.1, 0.15) is 12.1 Å². The third kappa shape index (κ3) is 2.85. The molecular formula is C13H12FN3O2. The number of ether oxygens (including phenoxy) is 1. The molecule has 1 heterocycles. The van der Waals surface area contributed by atoms with E-state index in [9.17, 15) is 9.18 Å². The summed E-state index contributed by atoms with van der Waals surface area (Å²) in [5.41, 5.74) is 5.76. The van der Waals surface area contributed by atoms with Crippen molar-refractivity contribution in [2.75, 3.05) is 0 Å². The van der Waals surface area contributed by atoms with Crippen molar-refractivity contribution in [1.29, 1.82) is 0 Å². The van der Waals surface area contributed by atoms with Gasteiger partial charge in [0.2, 0.25) is 11.7 Å². The van der Waals surface area contributed by atoms with Gasteiger partial charge >= 0.3 is 0 Å². The molecule has 0 saturated heterocycles. The van der Waals surface area contributed by atoms with Gasteiger partial charge in [-0.05, 0) is 30.7 Å². The molecule has 0 radical (unpaired) electrons. The summed E-state index contributed by atoms with van der Waals surface area (Å²) in [6, 6.07) is 6.04. The highest BCUT2D eigenvalue weighted by atomic mass is 19.1. The molecule has 6 heteroatoms. The minimum absolute atomic E-state index is 0.140. The van der Waals surface area contributed by atoms with Gasteiger partial charge < -0.3 is 10.5 Å². The molecule has 0 unspecified atom stereocenters. The molecule has 0 spiro atoms. The van der Waals surface area contributed by atoms with Crippen molar-refractivity contribution < 1.29 is 13.9 Å². The molecule has 0 atom stereocenters. The number of rotatable bonds is 4. The fourth-order valence-electron chi connectivity index (χ4n) is 1.50. The molecule has 5 nitrogen and oxygen atoms in total. The Hall–Kier alpha value is -2.50. The van der Waals surface area contributed by atoms with Crippen molar-refractivity contribution in [3.63, 3.8) is 0 Å². The molecule has 19 heavy (non-hydrogen) atoms. The number of aryl methyl sites for hydroxylation is 1. The van der Waals surface area contributed by atoms with Gasteiger partial charge in [0, 0.05) is 5.56 Å². The number of carbonyl (C=O) groups excluding carboxylic acids is 1. The standard InChI is InChI=1S/C13H12FN3O2/c1-2-10-11(14)13(17-7-16-10)19-9-5-3-8(4-6-9)12(15)18/h3-7H,2H2,1H3,(H2,15,18). The van der Waals surface area contributed by atoms with Gasteiger partial charge in [-0.3, -0.25) is 4.79 Å². The Morgan fingerprint density at radius 3 is 2.58 bits per heavy atom. The van der Waals surface area contributed by atoms with E-state index in [2.05, 4.69) is 9.97 Å². The summed E-state index contributed by atoms with van der Waals surface area (Å²) < 4.78 is 19.2. The van der Waals surface area contributed by atoms with E-state index in [1.54, 1.807) is 6.92 Å². The van der Waals surface area contributed by atoms with Gasteiger partial charge in [-0.2, -0.15) is 9.37 Å². The van der Waals surface area contributed by atoms with E-state index in [1.165, 1.54) is 30.6 Å². The topological polar surface area (TPSA) is 78.1 Å². The number of hydrogen-bond acceptors (Lipinski definition) is 4. The van der Waals surface area contributed by atoms with Crippen molar-refractivity contribution in [2.45, 2.75) is 13.3 Å². The summed E-state index contributed by atoms with van der Waals surface area (Å²) in [7, 11) is 0. The molecule has 2 aromatic rings. The lowest BCUT2D eigenvalue weighted by Gasteiger charge is -2.07. The molecule has 2 rings (SSSR count). The molecule has 0 saturated carbocycles. The third-order valence-corrected chi connectivity index (χ3v) is 2.52. The minimum Gasteiger partial charge on any atom is -0.436 e. The van der Waals surface area contributed by atoms with Crippen LogP contribution in [0.2, 0.25) is 0 Å². The number of halogens is 1. The number of primary amides is 1. The first-order valence-electron chi connectivity index (χ1n) is 5.69. The smallest absolute Gasteiger partial charge is 0.259 e. The zero-order valence-electron chi connectivity index (χ0n) is 10.3. The van der Waals surface area contributed by atoms with Crippen molar-refractivity contribution in [3.05, 3.63) is 47.7 Å². The van der Waals surface area contributed by atoms with Crippen LogP contribution >= 0.6 is 0 Å². The van der Waals surface area contributed by atoms with Crippen LogP contribution in [-0.2, 0) is 6.42 Å². The molecule has 0 aliphatic rings. The Morgan fingerprint density at radius 2 is 2.00 bits per heavy atom. The van der Waals surface area contributed by atoms with Crippen LogP contribution in [0.25, 0.3) is 0 Å². The van der Waals surface area contributed by atoms with Gasteiger partial charge in [0.05, 0.1) is 5.69 Å². The summed E-state index contributed by atoms with van der Waals surface area (Å²) in [6.45, 7) is 1.79. The van der Waals surface area contributed by atoms with Gasteiger partial charge in [-0.15, -0.1) is 0 Å². The van der Waals surface area contributed by atoms with E-state index in [4.69, 9.17) is 10.5 Å². The fraction of sp³-hybridized carbons (Fsp3) is 0.154. The first-order chi connectivity index (χ1) is 9.11. The lowest BCUT2D eigenvalue weighted by molar-refractivity contribution is 0.100. The second-order valence-corrected chi connectivity index (χ2v) is 3.78. The summed E-state index contributed by atoms with van der Waals surface area (Å²) in [6.07, 6.45) is 1.69. The number of amides is 1. The number of aromatic nitrogens is 2. The third-order valence-electron chi connectivity index (χ3n) is 2.52. The Kier molecular flexibility index (Phi) is 3.70. The van der Waals surface area contributed by atoms with E-state index >= 15 is 0 Å². The first kappa shape index (κ1) is 12.9. The van der Waals surface area contributed by atoms with E-state index in [-0.39, 0.29) is 5.88 Å². The van der Waals surface area contributed by atoms with Gasteiger partial charge in [0.25, 0.3) is 5.88 Å². The van der Waals surface area contributed by atoms with E-state index < -0.39 is 11.7 Å². The van der Waals surface area contributed by atoms with Crippen LogP contribution in [-0.4, -0.2) is 15.9 Å². The molecule has 0 bridgehead atoms. The lowest BCUT2D eigenvalue weighted by atomic mass is 10.2. The number of hydrogen-bond donors (Lipinski definition) is 1. The number of benzene rings is 1. The van der Waals surface area contributed by atoms with E-state index in [0.717, 1.165) is 0 Å². The maximum absolute atomic E-state index is 13.8. The van der Waals surface area contributed by atoms with Gasteiger partial charge in [-0.25, -0.2) is 4.98 Å². The highest BCUT2D eigenvalue weighted by Gasteiger charge is 2.12. The highest BCUT2D eigenvalue weighted by molar-refractivity contribution is 5.92. The Bertz CT molecular complexity index is 599. The monoisotopic (exact) mass is 261 g/mol. The van der Waals surface area contributed by atoms with Crippen LogP contribution in [0.4, 0.5) is 4.39 Å². The zero-order valence-corrected chi connectivity index (χ0v) is 10.3. The van der Waals surface area contributed by atoms with E-state index in [1.807, 2.05) is 0 Å². The van der Waals surface area contributed by atoms with Gasteiger partial charge in [0.15, 0.2) is 0 Å². The van der Waals surface area contributed by atoms with Crippen molar-refractivity contribution >= 4 is 5.91 Å². The Labute approximate surface area is 109 Å². The van der Waals surface area contributed by atoms with Crippen LogP contribution in [0, 0.1) is 5.82 Å². The van der Waals surface area contributed by atoms with Gasteiger partial charge in [-0.1, -0.05) is 6.92 Å². The molecule has 0 aliphatic heterocycles. The maximum Gasteiger partial charge on any atom is 0.259 e. The zero-order chi connectivity index (χ0) is 13.8. The average molecular weight is 261 g/mol. The van der Waals surface area contributed by atoms with Crippen LogP contribution < -0.4 is 10.5 Å². The number of nitrogens with zero attached hydrogens (tertiary/aromatic N) is 2. The maximum atomic E-state index is 13.8. The van der Waals surface area contributed by atoms with Crippen molar-refractivity contribution in [1.82, 2.24) is 9.97 Å². The molecule has 1 amide bonds. The molecular weight excluding hydrogens is 249 g/mol. The van der Waals surface area contributed by atoms with Crippen LogP contribution in [0.15, 0.2) is 30.6 Å². The van der Waals surface area contributed by atoms with Crippen LogP contribution in [0.3, 0.4) is 0 Å². The Balaban J connectivity index is 2.24. The highest BCUT2D eigenvalue weighted by Crippen LogP contribution is 2.23. The van der Waals surface area contributed by atoms with Crippen LogP contribution in [0.1, 0.15) is 23.0 Å². The molecule has 0 fully saturated rings. The molecule has 0 aliphatic carbocycles. The summed E-state index contributed by atoms with van der Waals surface area (Å²) in [4.78, 5) is 18.5. The fourth-order valence-corrected chi connectivity index (χ4v) is 1.50. The van der Waals surface area contributed by atoms with Crippen molar-refractivity contribution in [3.8, 4) is 11.6 Å². The summed E-state index contributed by atoms with van der Waals surface area (Å²) in [5, 5.41) is 0. The largest absolute Gasteiger partial charge is 0.436 e. The summed E-state index contributed by atoms with van der Waals surface area (Å²) in [5.74, 6) is -0.889. The number of carbonyl (C=O) groups is 1. The molecule has 98 valence electrons. The normalized spacial score (nSPS) is 10.2. The summed E-state index contributed by atoms with van der Waals surface area (Å²) >= 11 is 0. The average Bonchev–Trinajstić information content (AvgIpc) is 2.42. The first-order valence-corrected chi connectivity index (χ1v) is 5.69. The quantitative estimate of drug-likeness (QED) is 0.913. The minimum atomic E-state index is -0.580. The molecule has 1 aromatic carbocycles. The SMILES string of the molecule is CCc1ncnc(Oc2ccc(C(N)=O)cc2)c1F. The predicted octanol–water partition coefficient (Wildman–Crippen LogP) is 2.07. The molecule has 2 N–H and O–H groups in total. The van der Waals surface area contributed by atoms with E-state index in [0.29, 0.717) is 23.4 Å². The predicted molar refractivity (Wildman–Crippen MR) is 66.4 cm³/mol. The molecule has 1 aromatic heterocycles. The second-order valence-electron chi connectivity index (χ2n) is 3.78. The lowest BCUT2D eigenvalue weighted by Crippen LogP contribution is -2.10.